The summed E-state index contributed by atoms with van der Waals surface area (Å²) in [6.07, 6.45) is 0. The first-order valence-electron chi connectivity index (χ1n) is 15.4. The van der Waals surface area contributed by atoms with Crippen molar-refractivity contribution in [2.45, 2.75) is 0 Å². The van der Waals surface area contributed by atoms with Crippen molar-refractivity contribution >= 4 is 27.7 Å². The number of fused-ring (bicyclic) bond motifs is 5. The molecule has 0 fully saturated rings. The fourth-order valence-electron chi connectivity index (χ4n) is 6.48. The molecule has 0 aliphatic heterocycles. The van der Waals surface area contributed by atoms with E-state index in [4.69, 9.17) is 14.4 Å². The van der Waals surface area contributed by atoms with Gasteiger partial charge in [0.05, 0.1) is 28.0 Å². The first-order valence-corrected chi connectivity index (χ1v) is 15.4. The Morgan fingerprint density at radius 3 is 1.72 bits per heavy atom. The number of rotatable bonds is 5. The topological polar surface area (TPSA) is 43.3 Å². The molecule has 3 aromatic heterocycles. The summed E-state index contributed by atoms with van der Waals surface area (Å²) in [5.74, 6) is 0.706. The van der Waals surface area contributed by atoms with Crippen LogP contribution in [0, 0.1) is 0 Å². The fraction of sp³-hybridized carbons (Fsp3) is 0. The van der Waals surface area contributed by atoms with Crippen LogP contribution in [0.15, 0.2) is 168 Å². The molecular weight excluding hydrogens is 562 g/mol. The van der Waals surface area contributed by atoms with Crippen molar-refractivity contribution in [2.75, 3.05) is 0 Å². The van der Waals surface area contributed by atoms with E-state index in [2.05, 4.69) is 126 Å². The summed E-state index contributed by atoms with van der Waals surface area (Å²) >= 11 is 0. The molecule has 4 nitrogen and oxygen atoms in total. The van der Waals surface area contributed by atoms with Crippen molar-refractivity contribution in [2.24, 2.45) is 0 Å². The van der Waals surface area contributed by atoms with Crippen molar-refractivity contribution in [3.8, 4) is 56.2 Å². The van der Waals surface area contributed by atoms with Crippen LogP contribution in [0.1, 0.15) is 0 Å². The van der Waals surface area contributed by atoms with Crippen molar-refractivity contribution in [1.29, 1.82) is 0 Å². The monoisotopic (exact) mass is 589 g/mol. The molecule has 0 spiro atoms. The molecule has 0 bridgehead atoms. The third kappa shape index (κ3) is 4.31. The van der Waals surface area contributed by atoms with Gasteiger partial charge in [0.15, 0.2) is 11.4 Å². The molecule has 0 radical (unpaired) electrons. The smallest absolute Gasteiger partial charge is 0.213 e. The second kappa shape index (κ2) is 10.7. The number of benzene rings is 6. The Kier molecular flexibility index (Phi) is 6.10. The van der Waals surface area contributed by atoms with E-state index in [0.29, 0.717) is 5.82 Å². The van der Waals surface area contributed by atoms with Gasteiger partial charge in [-0.1, -0.05) is 146 Å². The summed E-state index contributed by atoms with van der Waals surface area (Å²) in [6, 6.07) is 56.5. The molecule has 216 valence electrons. The largest absolute Gasteiger partial charge is 0.438 e. The van der Waals surface area contributed by atoms with E-state index >= 15 is 0 Å². The maximum absolute atomic E-state index is 6.67. The average Bonchev–Trinajstić information content (AvgIpc) is 3.67. The molecule has 4 heteroatoms. The van der Waals surface area contributed by atoms with Gasteiger partial charge in [-0.05, 0) is 29.3 Å². The first-order chi connectivity index (χ1) is 22.8. The van der Waals surface area contributed by atoms with Crippen LogP contribution in [0.3, 0.4) is 0 Å². The second-order valence-corrected chi connectivity index (χ2v) is 11.4. The van der Waals surface area contributed by atoms with Crippen molar-refractivity contribution in [3.05, 3.63) is 164 Å². The minimum absolute atomic E-state index is 0.706. The number of nitrogens with zero attached hydrogens (tertiary/aromatic N) is 3. The van der Waals surface area contributed by atoms with Crippen molar-refractivity contribution in [1.82, 2.24) is 14.4 Å². The Labute approximate surface area is 265 Å². The summed E-state index contributed by atoms with van der Waals surface area (Å²) in [5, 5.41) is 1.15. The summed E-state index contributed by atoms with van der Waals surface area (Å²) in [5.41, 5.74) is 13.2. The molecule has 0 amide bonds. The maximum Gasteiger partial charge on any atom is 0.213 e. The van der Waals surface area contributed by atoms with Crippen LogP contribution in [-0.4, -0.2) is 14.4 Å². The van der Waals surface area contributed by atoms with Crippen molar-refractivity contribution in [3.63, 3.8) is 0 Å². The molecule has 3 heterocycles. The van der Waals surface area contributed by atoms with E-state index in [9.17, 15) is 0 Å². The van der Waals surface area contributed by atoms with Gasteiger partial charge in [0, 0.05) is 27.6 Å². The zero-order valence-corrected chi connectivity index (χ0v) is 24.8. The highest BCUT2D eigenvalue weighted by Gasteiger charge is 2.22. The van der Waals surface area contributed by atoms with Crippen LogP contribution in [0.5, 0.6) is 0 Å². The van der Waals surface area contributed by atoms with Crippen LogP contribution in [0.25, 0.3) is 83.9 Å². The van der Waals surface area contributed by atoms with E-state index in [1.165, 1.54) is 0 Å². The SMILES string of the molecule is c1ccc(-c2cc(-c3ccc(-c4c5ccccc5n5c4oc4cccc(-c6ccccc6)c45)cc3)nc(-c3ccccc3)n2)cc1. The van der Waals surface area contributed by atoms with E-state index in [1.807, 2.05) is 42.5 Å². The minimum Gasteiger partial charge on any atom is -0.438 e. The first kappa shape index (κ1) is 26.2. The maximum atomic E-state index is 6.67. The lowest BCUT2D eigenvalue weighted by Crippen LogP contribution is -1.95. The van der Waals surface area contributed by atoms with Gasteiger partial charge in [-0.3, -0.25) is 4.40 Å². The van der Waals surface area contributed by atoms with E-state index in [0.717, 1.165) is 78.0 Å². The van der Waals surface area contributed by atoms with Gasteiger partial charge in [-0.2, -0.15) is 0 Å². The van der Waals surface area contributed by atoms with E-state index in [-0.39, 0.29) is 0 Å². The third-order valence-corrected chi connectivity index (χ3v) is 8.64. The number of hydrogen-bond donors (Lipinski definition) is 0. The summed E-state index contributed by atoms with van der Waals surface area (Å²) in [4.78, 5) is 9.97. The van der Waals surface area contributed by atoms with Gasteiger partial charge >= 0.3 is 0 Å². The van der Waals surface area contributed by atoms with Gasteiger partial charge < -0.3 is 4.42 Å². The predicted octanol–water partition coefficient (Wildman–Crippen LogP) is 11.0. The number of oxazole rings is 1. The summed E-state index contributed by atoms with van der Waals surface area (Å²) in [6.45, 7) is 0. The predicted molar refractivity (Wildman–Crippen MR) is 187 cm³/mol. The lowest BCUT2D eigenvalue weighted by Gasteiger charge is -2.10. The molecule has 0 saturated heterocycles. The zero-order valence-electron chi connectivity index (χ0n) is 24.8. The molecule has 0 atom stereocenters. The van der Waals surface area contributed by atoms with Gasteiger partial charge in [-0.15, -0.1) is 0 Å². The Morgan fingerprint density at radius 1 is 0.457 bits per heavy atom. The average molecular weight is 590 g/mol. The zero-order chi connectivity index (χ0) is 30.5. The van der Waals surface area contributed by atoms with Gasteiger partial charge in [0.1, 0.15) is 0 Å². The molecule has 9 aromatic rings. The minimum atomic E-state index is 0.706. The van der Waals surface area contributed by atoms with E-state index in [1.54, 1.807) is 0 Å². The standard InChI is InChI=1S/C42H27N3O/c1-4-13-28(14-5-1)33-20-12-22-38-40(33)45-37-21-11-10-19-34(37)39(42(45)46-38)31-25-23-30(24-26-31)36-27-35(29-15-6-2-7-16-29)43-41(44-36)32-17-8-3-9-18-32/h1-27H. The highest BCUT2D eigenvalue weighted by molar-refractivity contribution is 6.09. The molecule has 0 aliphatic carbocycles. The van der Waals surface area contributed by atoms with Crippen LogP contribution in [-0.2, 0) is 0 Å². The van der Waals surface area contributed by atoms with Crippen LogP contribution >= 0.6 is 0 Å². The van der Waals surface area contributed by atoms with Gasteiger partial charge in [0.25, 0.3) is 0 Å². The Morgan fingerprint density at radius 2 is 1.02 bits per heavy atom. The number of hydrogen-bond acceptors (Lipinski definition) is 3. The molecule has 0 aliphatic rings. The normalized spacial score (nSPS) is 11.5. The molecule has 0 saturated carbocycles. The highest BCUT2D eigenvalue weighted by Crippen LogP contribution is 2.42. The quantitative estimate of drug-likeness (QED) is 0.201. The Bertz CT molecular complexity index is 2440. The third-order valence-electron chi connectivity index (χ3n) is 8.64. The van der Waals surface area contributed by atoms with Gasteiger partial charge in [0.2, 0.25) is 5.71 Å². The van der Waals surface area contributed by atoms with Crippen LogP contribution in [0.4, 0.5) is 0 Å². The Balaban J connectivity index is 1.21. The Hall–Kier alpha value is -6.26. The molecular formula is C42H27N3O. The molecule has 6 aromatic carbocycles. The number of aromatic nitrogens is 3. The van der Waals surface area contributed by atoms with Gasteiger partial charge in [-0.25, -0.2) is 9.97 Å². The molecule has 0 N–H and O–H groups in total. The highest BCUT2D eigenvalue weighted by atomic mass is 16.3. The van der Waals surface area contributed by atoms with Crippen molar-refractivity contribution < 1.29 is 4.42 Å². The van der Waals surface area contributed by atoms with Crippen LogP contribution < -0.4 is 0 Å². The fourth-order valence-corrected chi connectivity index (χ4v) is 6.48. The number of para-hydroxylation sites is 2. The van der Waals surface area contributed by atoms with Crippen LogP contribution in [0.2, 0.25) is 0 Å². The summed E-state index contributed by atoms with van der Waals surface area (Å²) < 4.78 is 8.95. The molecule has 0 unspecified atom stereocenters. The molecule has 9 rings (SSSR count). The lowest BCUT2D eigenvalue weighted by molar-refractivity contribution is 0.658. The summed E-state index contributed by atoms with van der Waals surface area (Å²) in [7, 11) is 0. The second-order valence-electron chi connectivity index (χ2n) is 11.4. The molecule has 46 heavy (non-hydrogen) atoms. The van der Waals surface area contributed by atoms with E-state index < -0.39 is 0 Å². The lowest BCUT2D eigenvalue weighted by atomic mass is 10.0.